The number of rotatable bonds is 5. The molecule has 1 atom stereocenters. The Morgan fingerprint density at radius 3 is 3.09 bits per heavy atom. The predicted octanol–water partition coefficient (Wildman–Crippen LogP) is 0.902. The lowest BCUT2D eigenvalue weighted by Crippen LogP contribution is -2.44. The Bertz CT molecular complexity index is 598. The number of likely N-dealkylation sites (N-methyl/N-ethyl adjacent to an activating group) is 1. The normalized spacial score (nSPS) is 19.5. The van der Waals surface area contributed by atoms with Gasteiger partial charge in [-0.1, -0.05) is 0 Å². The summed E-state index contributed by atoms with van der Waals surface area (Å²) in [5, 5.41) is 8.05. The van der Waals surface area contributed by atoms with Gasteiger partial charge in [-0.05, 0) is 19.2 Å². The summed E-state index contributed by atoms with van der Waals surface area (Å²) >= 11 is 0. The highest BCUT2D eigenvalue weighted by Crippen LogP contribution is 2.20. The molecule has 0 bridgehead atoms. The monoisotopic (exact) mass is 301 g/mol. The number of aryl methyl sites for hydroxylation is 1. The zero-order chi connectivity index (χ0) is 15.4. The average Bonchev–Trinajstić information content (AvgIpc) is 2.89. The van der Waals surface area contributed by atoms with Gasteiger partial charge in [0.25, 0.3) is 0 Å². The molecule has 1 N–H and O–H groups in total. The molecule has 118 valence electrons. The van der Waals surface area contributed by atoms with Crippen LogP contribution < -0.4 is 5.32 Å². The first-order valence-corrected chi connectivity index (χ1v) is 7.66. The number of hydrogen-bond acceptors (Lipinski definition) is 5. The molecular weight excluding hydrogens is 278 g/mol. The fourth-order valence-corrected chi connectivity index (χ4v) is 2.77. The smallest absolute Gasteiger partial charge is 0.0983 e. The van der Waals surface area contributed by atoms with Crippen molar-refractivity contribution in [2.75, 3.05) is 33.3 Å². The molecule has 0 unspecified atom stereocenters. The largest absolute Gasteiger partial charge is 0.374 e. The first kappa shape index (κ1) is 15.1. The van der Waals surface area contributed by atoms with E-state index in [2.05, 4.69) is 33.5 Å². The highest BCUT2D eigenvalue weighted by Gasteiger charge is 2.17. The first-order chi connectivity index (χ1) is 10.7. The average molecular weight is 301 g/mol. The van der Waals surface area contributed by atoms with Crippen molar-refractivity contribution in [3.63, 3.8) is 0 Å². The second-order valence-electron chi connectivity index (χ2n) is 5.80. The minimum Gasteiger partial charge on any atom is -0.374 e. The second-order valence-corrected chi connectivity index (χ2v) is 5.80. The van der Waals surface area contributed by atoms with Gasteiger partial charge in [-0.3, -0.25) is 9.67 Å². The topological polar surface area (TPSA) is 55.2 Å². The van der Waals surface area contributed by atoms with Gasteiger partial charge in [0.15, 0.2) is 0 Å². The standard InChI is InChI=1S/C16H23N5O/c1-20-6-7-22-15(12-20)10-18-9-14-11-21(2)19-16(14)13-4-3-5-17-8-13/h3-5,8,11,15,18H,6-7,9-10,12H2,1-2H3/t15-/m1/s1. The Hall–Kier alpha value is -1.76. The molecule has 2 aromatic rings. The SMILES string of the molecule is CN1CCO[C@H](CNCc2cn(C)nc2-c2cccnc2)C1. The van der Waals surface area contributed by atoms with Crippen molar-refractivity contribution in [2.24, 2.45) is 7.05 Å². The molecule has 0 radical (unpaired) electrons. The molecule has 0 aromatic carbocycles. The van der Waals surface area contributed by atoms with Gasteiger partial charge in [-0.15, -0.1) is 0 Å². The van der Waals surface area contributed by atoms with Crippen molar-refractivity contribution in [1.29, 1.82) is 0 Å². The molecule has 1 saturated heterocycles. The first-order valence-electron chi connectivity index (χ1n) is 7.66. The summed E-state index contributed by atoms with van der Waals surface area (Å²) in [5.41, 5.74) is 3.22. The molecule has 3 rings (SSSR count). The van der Waals surface area contributed by atoms with Gasteiger partial charge < -0.3 is 15.0 Å². The Labute approximate surface area is 131 Å². The lowest BCUT2D eigenvalue weighted by molar-refractivity contribution is -0.0182. The summed E-state index contributed by atoms with van der Waals surface area (Å²) in [6, 6.07) is 3.98. The molecule has 3 heterocycles. The minimum absolute atomic E-state index is 0.261. The van der Waals surface area contributed by atoms with Crippen LogP contribution in [0, 0.1) is 0 Å². The van der Waals surface area contributed by atoms with E-state index in [0.29, 0.717) is 0 Å². The zero-order valence-electron chi connectivity index (χ0n) is 13.2. The summed E-state index contributed by atoms with van der Waals surface area (Å²) in [6.45, 7) is 4.45. The van der Waals surface area contributed by atoms with Crippen LogP contribution in [-0.2, 0) is 18.3 Å². The van der Waals surface area contributed by atoms with Crippen molar-refractivity contribution in [3.05, 3.63) is 36.3 Å². The van der Waals surface area contributed by atoms with Crippen LogP contribution in [0.5, 0.6) is 0 Å². The second kappa shape index (κ2) is 7.00. The maximum Gasteiger partial charge on any atom is 0.0983 e. The van der Waals surface area contributed by atoms with Crippen molar-refractivity contribution in [1.82, 2.24) is 25.0 Å². The molecule has 0 aliphatic carbocycles. The molecule has 1 aliphatic heterocycles. The van der Waals surface area contributed by atoms with Crippen LogP contribution in [-0.4, -0.2) is 59.1 Å². The number of aromatic nitrogens is 3. The molecule has 1 aliphatic rings. The molecule has 0 saturated carbocycles. The van der Waals surface area contributed by atoms with Gasteiger partial charge in [0.05, 0.1) is 18.4 Å². The van der Waals surface area contributed by atoms with Gasteiger partial charge in [-0.2, -0.15) is 5.10 Å². The lowest BCUT2D eigenvalue weighted by Gasteiger charge is -2.30. The van der Waals surface area contributed by atoms with Crippen LogP contribution in [0.2, 0.25) is 0 Å². The number of morpholine rings is 1. The third kappa shape index (κ3) is 3.71. The maximum absolute atomic E-state index is 5.77. The number of nitrogens with zero attached hydrogens (tertiary/aromatic N) is 4. The summed E-state index contributed by atoms with van der Waals surface area (Å²) in [5.74, 6) is 0. The van der Waals surface area contributed by atoms with Crippen molar-refractivity contribution in [3.8, 4) is 11.3 Å². The molecular formula is C16H23N5O. The fraction of sp³-hybridized carbons (Fsp3) is 0.500. The predicted molar refractivity (Wildman–Crippen MR) is 85.4 cm³/mol. The van der Waals surface area contributed by atoms with Crippen molar-refractivity contribution < 1.29 is 4.74 Å². The highest BCUT2D eigenvalue weighted by atomic mass is 16.5. The van der Waals surface area contributed by atoms with E-state index in [4.69, 9.17) is 4.74 Å². The number of hydrogen-bond donors (Lipinski definition) is 1. The van der Waals surface area contributed by atoms with Crippen molar-refractivity contribution in [2.45, 2.75) is 12.6 Å². The summed E-state index contributed by atoms with van der Waals surface area (Å²) in [7, 11) is 4.08. The van der Waals surface area contributed by atoms with E-state index in [0.717, 1.165) is 44.0 Å². The third-order valence-corrected chi connectivity index (χ3v) is 3.87. The highest BCUT2D eigenvalue weighted by molar-refractivity contribution is 5.61. The Morgan fingerprint density at radius 2 is 2.32 bits per heavy atom. The summed E-state index contributed by atoms with van der Waals surface area (Å²) in [6.07, 6.45) is 5.95. The number of ether oxygens (including phenoxy) is 1. The van der Waals surface area contributed by atoms with Gasteiger partial charge in [0, 0.05) is 62.9 Å². The summed E-state index contributed by atoms with van der Waals surface area (Å²) < 4.78 is 7.62. The zero-order valence-corrected chi connectivity index (χ0v) is 13.2. The van der Waals surface area contributed by atoms with Gasteiger partial charge in [0.1, 0.15) is 0 Å². The third-order valence-electron chi connectivity index (χ3n) is 3.87. The van der Waals surface area contributed by atoms with Crippen LogP contribution in [0.4, 0.5) is 0 Å². The molecule has 0 amide bonds. The summed E-state index contributed by atoms with van der Waals surface area (Å²) in [4.78, 5) is 6.48. The van der Waals surface area contributed by atoms with E-state index in [1.54, 1.807) is 6.20 Å². The quantitative estimate of drug-likeness (QED) is 0.889. The van der Waals surface area contributed by atoms with Crippen molar-refractivity contribution >= 4 is 0 Å². The number of pyridine rings is 1. The van der Waals surface area contributed by atoms with E-state index in [9.17, 15) is 0 Å². The lowest BCUT2D eigenvalue weighted by atomic mass is 10.1. The van der Waals surface area contributed by atoms with Gasteiger partial charge in [-0.25, -0.2) is 0 Å². The van der Waals surface area contributed by atoms with Gasteiger partial charge in [0.2, 0.25) is 0 Å². The molecule has 0 spiro atoms. The van der Waals surface area contributed by atoms with E-state index < -0.39 is 0 Å². The molecule has 22 heavy (non-hydrogen) atoms. The van der Waals surface area contributed by atoms with E-state index >= 15 is 0 Å². The molecule has 6 nitrogen and oxygen atoms in total. The van der Waals surface area contributed by atoms with E-state index in [-0.39, 0.29) is 6.10 Å². The fourth-order valence-electron chi connectivity index (χ4n) is 2.77. The molecule has 2 aromatic heterocycles. The van der Waals surface area contributed by atoms with Crippen LogP contribution in [0.3, 0.4) is 0 Å². The van der Waals surface area contributed by atoms with Crippen LogP contribution in [0.15, 0.2) is 30.7 Å². The Morgan fingerprint density at radius 1 is 1.41 bits per heavy atom. The van der Waals surface area contributed by atoms with Gasteiger partial charge >= 0.3 is 0 Å². The van der Waals surface area contributed by atoms with E-state index in [1.165, 1.54) is 5.56 Å². The Balaban J connectivity index is 1.61. The molecule has 6 heteroatoms. The van der Waals surface area contributed by atoms with Crippen LogP contribution >= 0.6 is 0 Å². The van der Waals surface area contributed by atoms with E-state index in [1.807, 2.05) is 30.1 Å². The minimum atomic E-state index is 0.261. The van der Waals surface area contributed by atoms with Crippen LogP contribution in [0.25, 0.3) is 11.3 Å². The maximum atomic E-state index is 5.77. The number of nitrogens with one attached hydrogen (secondary N) is 1. The molecule has 1 fully saturated rings. The Kier molecular flexibility index (Phi) is 4.82. The van der Waals surface area contributed by atoms with Crippen LogP contribution in [0.1, 0.15) is 5.56 Å².